The van der Waals surface area contributed by atoms with Crippen molar-refractivity contribution >= 4 is 11.6 Å². The molecule has 17 heavy (non-hydrogen) atoms. The molecule has 88 valence electrons. The third kappa shape index (κ3) is 3.08. The smallest absolute Gasteiger partial charge is 0.322 e. The molecule has 1 N–H and O–H groups in total. The molecule has 0 saturated heterocycles. The zero-order valence-corrected chi connectivity index (χ0v) is 8.51. The Kier molecular flexibility index (Phi) is 3.53. The van der Waals surface area contributed by atoms with E-state index in [1.165, 1.54) is 6.07 Å². The van der Waals surface area contributed by atoms with Crippen LogP contribution in [0.15, 0.2) is 30.9 Å². The number of hydrogen-bond acceptors (Lipinski definition) is 2. The van der Waals surface area contributed by atoms with Gasteiger partial charge in [0, 0.05) is 0 Å². The Morgan fingerprint density at radius 1 is 1.47 bits per heavy atom. The predicted octanol–water partition coefficient (Wildman–Crippen LogP) is 2.70. The van der Waals surface area contributed by atoms with Gasteiger partial charge in [-0.1, -0.05) is 6.58 Å². The molecule has 0 heterocycles. The fourth-order valence-electron chi connectivity index (χ4n) is 1.14. The highest BCUT2D eigenvalue weighted by Gasteiger charge is 2.34. The molecule has 0 spiro atoms. The molecule has 0 fully saturated rings. The van der Waals surface area contributed by atoms with E-state index in [0.717, 1.165) is 12.1 Å². The SMILES string of the molecule is C=CC(=O)Nc1ccc(C#N)cc1C(F)(F)F. The van der Waals surface area contributed by atoms with Gasteiger partial charge in [-0.3, -0.25) is 4.79 Å². The van der Waals surface area contributed by atoms with Crippen LogP contribution in [0.3, 0.4) is 0 Å². The monoisotopic (exact) mass is 240 g/mol. The Morgan fingerprint density at radius 3 is 2.59 bits per heavy atom. The van der Waals surface area contributed by atoms with Crippen LogP contribution < -0.4 is 5.32 Å². The first kappa shape index (κ1) is 12.8. The first-order valence-electron chi connectivity index (χ1n) is 4.43. The molecular weight excluding hydrogens is 233 g/mol. The molecule has 3 nitrogen and oxygen atoms in total. The van der Waals surface area contributed by atoms with Crippen LogP contribution >= 0.6 is 0 Å². The van der Waals surface area contributed by atoms with Gasteiger partial charge in [-0.25, -0.2) is 0 Å². The van der Waals surface area contributed by atoms with Crippen molar-refractivity contribution < 1.29 is 18.0 Å². The maximum Gasteiger partial charge on any atom is 0.418 e. The summed E-state index contributed by atoms with van der Waals surface area (Å²) in [4.78, 5) is 11.0. The number of benzene rings is 1. The molecular formula is C11H7F3N2O. The first-order valence-corrected chi connectivity index (χ1v) is 4.43. The fourth-order valence-corrected chi connectivity index (χ4v) is 1.14. The molecule has 1 aromatic rings. The lowest BCUT2D eigenvalue weighted by Gasteiger charge is -2.13. The summed E-state index contributed by atoms with van der Waals surface area (Å²) in [6.45, 7) is 3.14. The molecule has 6 heteroatoms. The molecule has 0 unspecified atom stereocenters. The van der Waals surface area contributed by atoms with Gasteiger partial charge in [0.05, 0.1) is 22.9 Å². The van der Waals surface area contributed by atoms with Crippen molar-refractivity contribution in [1.29, 1.82) is 5.26 Å². The highest BCUT2D eigenvalue weighted by molar-refractivity contribution is 5.99. The summed E-state index contributed by atoms with van der Waals surface area (Å²) in [6.07, 6.45) is -3.78. The molecule has 1 amide bonds. The average Bonchev–Trinajstić information content (AvgIpc) is 2.28. The summed E-state index contributed by atoms with van der Waals surface area (Å²) in [6, 6.07) is 4.50. The van der Waals surface area contributed by atoms with Crippen molar-refractivity contribution in [2.45, 2.75) is 6.18 Å². The topological polar surface area (TPSA) is 52.9 Å². The van der Waals surface area contributed by atoms with Gasteiger partial charge in [-0.15, -0.1) is 0 Å². The number of halogens is 3. The lowest BCUT2D eigenvalue weighted by molar-refractivity contribution is -0.137. The lowest BCUT2D eigenvalue weighted by Crippen LogP contribution is -2.14. The first-order chi connectivity index (χ1) is 7.88. The minimum Gasteiger partial charge on any atom is -0.322 e. The maximum absolute atomic E-state index is 12.6. The van der Waals surface area contributed by atoms with Crippen LogP contribution in [-0.2, 0) is 11.0 Å². The predicted molar refractivity (Wildman–Crippen MR) is 55.0 cm³/mol. The van der Waals surface area contributed by atoms with Gasteiger partial charge in [-0.05, 0) is 24.3 Å². The van der Waals surface area contributed by atoms with E-state index in [-0.39, 0.29) is 5.56 Å². The van der Waals surface area contributed by atoms with Crippen molar-refractivity contribution in [1.82, 2.24) is 0 Å². The summed E-state index contributed by atoms with van der Waals surface area (Å²) < 4.78 is 37.9. The number of nitrogens with zero attached hydrogens (tertiary/aromatic N) is 1. The number of rotatable bonds is 2. The minimum absolute atomic E-state index is 0.131. The number of nitrogens with one attached hydrogen (secondary N) is 1. The number of carbonyl (C=O) groups is 1. The maximum atomic E-state index is 12.6. The van der Waals surface area contributed by atoms with E-state index in [9.17, 15) is 18.0 Å². The zero-order chi connectivity index (χ0) is 13.1. The van der Waals surface area contributed by atoms with Crippen molar-refractivity contribution in [3.63, 3.8) is 0 Å². The van der Waals surface area contributed by atoms with E-state index < -0.39 is 23.3 Å². The van der Waals surface area contributed by atoms with Gasteiger partial charge in [0.15, 0.2) is 0 Å². The van der Waals surface area contributed by atoms with Gasteiger partial charge < -0.3 is 5.32 Å². The van der Waals surface area contributed by atoms with Crippen LogP contribution in [-0.4, -0.2) is 5.91 Å². The third-order valence-electron chi connectivity index (χ3n) is 1.90. The van der Waals surface area contributed by atoms with Gasteiger partial charge >= 0.3 is 6.18 Å². The van der Waals surface area contributed by atoms with Crippen molar-refractivity contribution in [3.05, 3.63) is 42.0 Å². The summed E-state index contributed by atoms with van der Waals surface area (Å²) in [5.41, 5.74) is -1.60. The second kappa shape index (κ2) is 4.70. The quantitative estimate of drug-likeness (QED) is 0.808. The van der Waals surface area contributed by atoms with Crippen LogP contribution in [0.5, 0.6) is 0 Å². The van der Waals surface area contributed by atoms with Gasteiger partial charge in [-0.2, -0.15) is 18.4 Å². The van der Waals surface area contributed by atoms with E-state index in [1.807, 2.05) is 5.32 Å². The number of alkyl halides is 3. The van der Waals surface area contributed by atoms with Crippen LogP contribution in [0.2, 0.25) is 0 Å². The molecule has 0 atom stereocenters. The lowest BCUT2D eigenvalue weighted by atomic mass is 10.1. The molecule has 0 saturated carbocycles. The van der Waals surface area contributed by atoms with E-state index in [1.54, 1.807) is 6.07 Å². The Balaban J connectivity index is 3.26. The normalized spacial score (nSPS) is 10.5. The second-order valence-electron chi connectivity index (χ2n) is 3.06. The van der Waals surface area contributed by atoms with Crippen molar-refractivity contribution in [2.24, 2.45) is 0 Å². The number of nitriles is 1. The minimum atomic E-state index is -4.64. The molecule has 0 radical (unpaired) electrons. The molecule has 0 aliphatic rings. The Hall–Kier alpha value is -2.29. The van der Waals surface area contributed by atoms with Gasteiger partial charge in [0.1, 0.15) is 0 Å². The van der Waals surface area contributed by atoms with Crippen molar-refractivity contribution in [2.75, 3.05) is 5.32 Å². The third-order valence-corrected chi connectivity index (χ3v) is 1.90. The molecule has 0 aliphatic heterocycles. The number of hydrogen-bond donors (Lipinski definition) is 1. The summed E-state index contributed by atoms with van der Waals surface area (Å²) in [7, 11) is 0. The van der Waals surface area contributed by atoms with Gasteiger partial charge in [0.25, 0.3) is 0 Å². The standard InChI is InChI=1S/C11H7F3N2O/c1-2-10(17)16-9-4-3-7(6-15)5-8(9)11(12,13)14/h2-5H,1H2,(H,16,17). The van der Waals surface area contributed by atoms with E-state index >= 15 is 0 Å². The van der Waals surface area contributed by atoms with Crippen LogP contribution in [0.25, 0.3) is 0 Å². The fraction of sp³-hybridized carbons (Fsp3) is 0.0909. The molecule has 1 aromatic carbocycles. The molecule has 0 aromatic heterocycles. The average molecular weight is 240 g/mol. The summed E-state index contributed by atoms with van der Waals surface area (Å²) in [5.74, 6) is -0.750. The Morgan fingerprint density at radius 2 is 2.12 bits per heavy atom. The van der Waals surface area contributed by atoms with Crippen LogP contribution in [0, 0.1) is 11.3 Å². The molecule has 0 aliphatic carbocycles. The number of anilines is 1. The highest BCUT2D eigenvalue weighted by atomic mass is 19.4. The number of carbonyl (C=O) groups excluding carboxylic acids is 1. The summed E-state index contributed by atoms with van der Waals surface area (Å²) >= 11 is 0. The molecule has 1 rings (SSSR count). The highest BCUT2D eigenvalue weighted by Crippen LogP contribution is 2.35. The number of amides is 1. The Labute approximate surface area is 95.2 Å². The largest absolute Gasteiger partial charge is 0.418 e. The van der Waals surface area contributed by atoms with Crippen LogP contribution in [0.1, 0.15) is 11.1 Å². The van der Waals surface area contributed by atoms with Crippen molar-refractivity contribution in [3.8, 4) is 6.07 Å². The van der Waals surface area contributed by atoms with Crippen LogP contribution in [0.4, 0.5) is 18.9 Å². The second-order valence-corrected chi connectivity index (χ2v) is 3.06. The molecule has 0 bridgehead atoms. The van der Waals surface area contributed by atoms with Gasteiger partial charge in [0.2, 0.25) is 5.91 Å². The van der Waals surface area contributed by atoms with E-state index in [0.29, 0.717) is 6.07 Å². The summed E-state index contributed by atoms with van der Waals surface area (Å²) in [5, 5.41) is 10.6. The van der Waals surface area contributed by atoms with E-state index in [2.05, 4.69) is 6.58 Å². The Bertz CT molecular complexity index is 500. The zero-order valence-electron chi connectivity index (χ0n) is 8.51. The van der Waals surface area contributed by atoms with E-state index in [4.69, 9.17) is 5.26 Å².